The number of piperidine rings is 1. The van der Waals surface area contributed by atoms with Crippen molar-refractivity contribution in [1.82, 2.24) is 0 Å². The predicted octanol–water partition coefficient (Wildman–Crippen LogP) is 2.67. The first-order chi connectivity index (χ1) is 9.15. The van der Waals surface area contributed by atoms with Crippen molar-refractivity contribution in [2.75, 3.05) is 11.4 Å². The maximum Gasteiger partial charge on any atom is 0.237 e. The Kier molecular flexibility index (Phi) is 4.33. The number of para-hydroxylation sites is 1. The Bertz CT molecular complexity index is 551. The highest BCUT2D eigenvalue weighted by Gasteiger charge is 2.34. The number of carbonyl (C=O) groups excluding carboxylic acids is 2. The maximum atomic E-state index is 12.4. The molecule has 1 aromatic rings. The van der Waals surface area contributed by atoms with Gasteiger partial charge >= 0.3 is 0 Å². The van der Waals surface area contributed by atoms with Crippen molar-refractivity contribution in [1.29, 1.82) is 5.26 Å². The minimum atomic E-state index is -0.666. The fraction of sp³-hybridized carbons (Fsp3) is 0.357. The Hall–Kier alpha value is -1.67. The summed E-state index contributed by atoms with van der Waals surface area (Å²) in [5.41, 5.74) is 0.780. The van der Waals surface area contributed by atoms with Crippen molar-refractivity contribution < 1.29 is 9.59 Å². The molecule has 0 aliphatic carbocycles. The van der Waals surface area contributed by atoms with E-state index in [1.807, 2.05) is 30.3 Å². The summed E-state index contributed by atoms with van der Waals surface area (Å²) < 4.78 is 0.830. The molecule has 4 nitrogen and oxygen atoms in total. The predicted molar refractivity (Wildman–Crippen MR) is 74.5 cm³/mol. The Balaban J connectivity index is 2.24. The van der Waals surface area contributed by atoms with Gasteiger partial charge in [0.25, 0.3) is 0 Å². The Morgan fingerprint density at radius 2 is 2.21 bits per heavy atom. The monoisotopic (exact) mass is 320 g/mol. The molecule has 1 atom stereocenters. The molecule has 0 bridgehead atoms. The fourth-order valence-corrected chi connectivity index (χ4v) is 2.78. The maximum absolute atomic E-state index is 12.4. The number of benzene rings is 1. The van der Waals surface area contributed by atoms with Crippen LogP contribution in [-0.2, 0) is 9.59 Å². The van der Waals surface area contributed by atoms with Crippen molar-refractivity contribution >= 4 is 33.3 Å². The number of amides is 1. The zero-order chi connectivity index (χ0) is 13.8. The fourth-order valence-electron chi connectivity index (χ4n) is 2.28. The number of ketones is 1. The molecule has 1 aliphatic rings. The molecule has 1 saturated heterocycles. The van der Waals surface area contributed by atoms with Crippen LogP contribution in [0, 0.1) is 17.2 Å². The number of halogens is 1. The van der Waals surface area contributed by atoms with E-state index >= 15 is 0 Å². The molecule has 5 heteroatoms. The third kappa shape index (κ3) is 2.85. The van der Waals surface area contributed by atoms with E-state index in [1.165, 1.54) is 0 Å². The van der Waals surface area contributed by atoms with Crippen LogP contribution in [0.2, 0.25) is 0 Å². The van der Waals surface area contributed by atoms with E-state index in [0.29, 0.717) is 13.0 Å². The van der Waals surface area contributed by atoms with Crippen molar-refractivity contribution in [3.05, 3.63) is 28.7 Å². The van der Waals surface area contributed by atoms with Gasteiger partial charge in [-0.2, -0.15) is 5.26 Å². The largest absolute Gasteiger partial charge is 0.311 e. The molecule has 1 heterocycles. The summed E-state index contributed by atoms with van der Waals surface area (Å²) in [7, 11) is 0. The minimum Gasteiger partial charge on any atom is -0.311 e. The quantitative estimate of drug-likeness (QED) is 0.804. The Morgan fingerprint density at radius 1 is 1.47 bits per heavy atom. The highest BCUT2D eigenvalue weighted by atomic mass is 79.9. The average Bonchev–Trinajstić information content (AvgIpc) is 2.40. The van der Waals surface area contributed by atoms with E-state index in [9.17, 15) is 9.59 Å². The van der Waals surface area contributed by atoms with Crippen LogP contribution in [0.1, 0.15) is 19.3 Å². The van der Waals surface area contributed by atoms with Gasteiger partial charge in [0.05, 0.1) is 24.1 Å². The number of Topliss-reactive ketones (excluding diaryl/α,β-unsaturated/α-hetero) is 1. The van der Waals surface area contributed by atoms with Gasteiger partial charge in [-0.05, 0) is 40.9 Å². The highest BCUT2D eigenvalue weighted by Crippen LogP contribution is 2.31. The topological polar surface area (TPSA) is 61.2 Å². The lowest BCUT2D eigenvalue weighted by atomic mass is 9.91. The van der Waals surface area contributed by atoms with Gasteiger partial charge in [-0.15, -0.1) is 0 Å². The van der Waals surface area contributed by atoms with Crippen molar-refractivity contribution in [3.8, 4) is 6.07 Å². The van der Waals surface area contributed by atoms with E-state index in [-0.39, 0.29) is 18.1 Å². The number of carbonyl (C=O) groups is 2. The molecule has 0 radical (unpaired) electrons. The minimum absolute atomic E-state index is 0.194. The van der Waals surface area contributed by atoms with E-state index in [0.717, 1.165) is 16.6 Å². The molecule has 0 N–H and O–H groups in total. The van der Waals surface area contributed by atoms with Gasteiger partial charge in [0.1, 0.15) is 0 Å². The molecule has 98 valence electrons. The second kappa shape index (κ2) is 5.98. The molecule has 1 fully saturated rings. The highest BCUT2D eigenvalue weighted by molar-refractivity contribution is 9.10. The molecule has 0 saturated carbocycles. The lowest BCUT2D eigenvalue weighted by molar-refractivity contribution is -0.133. The van der Waals surface area contributed by atoms with Crippen LogP contribution in [0.4, 0.5) is 5.69 Å². The molecule has 0 aromatic heterocycles. The van der Waals surface area contributed by atoms with Crippen LogP contribution >= 0.6 is 15.9 Å². The third-order valence-electron chi connectivity index (χ3n) is 3.22. The number of hydrogen-bond acceptors (Lipinski definition) is 3. The van der Waals surface area contributed by atoms with Gasteiger partial charge < -0.3 is 4.90 Å². The second-order valence-corrected chi connectivity index (χ2v) is 5.29. The number of anilines is 1. The van der Waals surface area contributed by atoms with E-state index in [4.69, 9.17) is 5.26 Å². The third-order valence-corrected chi connectivity index (χ3v) is 3.89. The number of hydrogen-bond donors (Lipinski definition) is 0. The van der Waals surface area contributed by atoms with Gasteiger partial charge in [-0.25, -0.2) is 0 Å². The van der Waals surface area contributed by atoms with Crippen LogP contribution in [0.25, 0.3) is 0 Å². The van der Waals surface area contributed by atoms with Gasteiger partial charge in [-0.1, -0.05) is 12.1 Å². The van der Waals surface area contributed by atoms with Crippen molar-refractivity contribution in [3.63, 3.8) is 0 Å². The molecular formula is C14H13BrN2O2. The lowest BCUT2D eigenvalue weighted by Crippen LogP contribution is -2.44. The second-order valence-electron chi connectivity index (χ2n) is 4.44. The van der Waals surface area contributed by atoms with E-state index in [1.54, 1.807) is 4.90 Å². The van der Waals surface area contributed by atoms with Crippen molar-refractivity contribution in [2.45, 2.75) is 19.3 Å². The zero-order valence-corrected chi connectivity index (χ0v) is 11.9. The molecule has 1 amide bonds. The Morgan fingerprint density at radius 3 is 2.89 bits per heavy atom. The SMILES string of the molecule is N#CCC(=O)C1CCCN(c2ccccc2Br)C1=O. The molecule has 1 unspecified atom stereocenters. The van der Waals surface area contributed by atoms with Crippen LogP contribution in [0.3, 0.4) is 0 Å². The summed E-state index contributed by atoms with van der Waals surface area (Å²) in [5, 5.41) is 8.58. The molecule has 1 aromatic carbocycles. The van der Waals surface area contributed by atoms with Gasteiger partial charge in [-0.3, -0.25) is 9.59 Å². The van der Waals surface area contributed by atoms with Gasteiger partial charge in [0, 0.05) is 11.0 Å². The average molecular weight is 321 g/mol. The Labute approximate surface area is 120 Å². The van der Waals surface area contributed by atoms with Crippen LogP contribution in [0.15, 0.2) is 28.7 Å². The molecular weight excluding hydrogens is 308 g/mol. The summed E-state index contributed by atoms with van der Waals surface area (Å²) in [6, 6.07) is 9.26. The lowest BCUT2D eigenvalue weighted by Gasteiger charge is -2.32. The van der Waals surface area contributed by atoms with Crippen LogP contribution < -0.4 is 4.90 Å². The summed E-state index contributed by atoms with van der Waals surface area (Å²) >= 11 is 3.42. The molecule has 19 heavy (non-hydrogen) atoms. The molecule has 2 rings (SSSR count). The van der Waals surface area contributed by atoms with Gasteiger partial charge in [0.2, 0.25) is 5.91 Å². The first kappa shape index (κ1) is 13.8. The standard InChI is InChI=1S/C14H13BrN2O2/c15-11-5-1-2-6-12(11)17-9-3-4-10(14(17)19)13(18)7-8-16/h1-2,5-6,10H,3-4,7,9H2. The normalized spacial score (nSPS) is 19.1. The summed E-state index contributed by atoms with van der Waals surface area (Å²) in [6.07, 6.45) is 1.12. The molecule has 0 spiro atoms. The number of rotatable bonds is 3. The van der Waals surface area contributed by atoms with Crippen LogP contribution in [0.5, 0.6) is 0 Å². The first-order valence-corrected chi connectivity index (χ1v) is 6.90. The number of nitriles is 1. The van der Waals surface area contributed by atoms with E-state index < -0.39 is 5.92 Å². The molecule has 1 aliphatic heterocycles. The smallest absolute Gasteiger partial charge is 0.237 e. The first-order valence-electron chi connectivity index (χ1n) is 6.10. The summed E-state index contributed by atoms with van der Waals surface area (Å²) in [6.45, 7) is 0.609. The number of nitrogens with zero attached hydrogens (tertiary/aromatic N) is 2. The van der Waals surface area contributed by atoms with Crippen LogP contribution in [-0.4, -0.2) is 18.2 Å². The summed E-state index contributed by atoms with van der Waals surface area (Å²) in [5.74, 6) is -1.14. The van der Waals surface area contributed by atoms with E-state index in [2.05, 4.69) is 15.9 Å². The summed E-state index contributed by atoms with van der Waals surface area (Å²) in [4.78, 5) is 25.8. The van der Waals surface area contributed by atoms with Crippen molar-refractivity contribution in [2.24, 2.45) is 5.92 Å². The zero-order valence-electron chi connectivity index (χ0n) is 10.3. The van der Waals surface area contributed by atoms with Gasteiger partial charge in [0.15, 0.2) is 5.78 Å².